The molecule has 0 aliphatic carbocycles. The predicted molar refractivity (Wildman–Crippen MR) is 58.8 cm³/mol. The second-order valence-corrected chi connectivity index (χ2v) is 9.46. The van der Waals surface area contributed by atoms with E-state index in [1.807, 2.05) is 0 Å². The van der Waals surface area contributed by atoms with Gasteiger partial charge in [-0.05, 0) is 41.5 Å². The first-order valence-corrected chi connectivity index (χ1v) is 10.0. The van der Waals surface area contributed by atoms with Crippen molar-refractivity contribution in [3.05, 3.63) is 0 Å². The van der Waals surface area contributed by atoms with Gasteiger partial charge in [-0.3, -0.25) is 0 Å². The Labute approximate surface area is 80.7 Å². The molecule has 74 valence electrons. The average Bonchev–Trinajstić information content (AvgIpc) is 1.49. The molecule has 0 unspecified atom stereocenters. The molecule has 0 saturated carbocycles. The lowest BCUT2D eigenvalue weighted by molar-refractivity contribution is 0.0448. The van der Waals surface area contributed by atoms with Crippen molar-refractivity contribution in [1.29, 1.82) is 0 Å². The quantitative estimate of drug-likeness (QED) is 0.619. The Hall–Kier alpha value is 0.354. The van der Waals surface area contributed by atoms with Crippen LogP contribution in [-0.2, 0) is 8.85 Å². The van der Waals surface area contributed by atoms with Crippen LogP contribution >= 0.6 is 0 Å². The van der Waals surface area contributed by atoms with Gasteiger partial charge in [0.15, 0.2) is 0 Å². The summed E-state index contributed by atoms with van der Waals surface area (Å²) in [5.41, 5.74) is -0.0756. The zero-order valence-electron chi connectivity index (χ0n) is 9.39. The highest BCUT2D eigenvalue weighted by Gasteiger charge is 2.21. The lowest BCUT2D eigenvalue weighted by Crippen LogP contribution is -2.39. The van der Waals surface area contributed by atoms with Crippen LogP contribution in [-0.4, -0.2) is 29.8 Å². The topological polar surface area (TPSA) is 18.5 Å². The van der Waals surface area contributed by atoms with Crippen LogP contribution in [0.25, 0.3) is 0 Å². The van der Waals surface area contributed by atoms with Crippen LogP contribution in [0.5, 0.6) is 0 Å². The lowest BCUT2D eigenvalue weighted by Gasteiger charge is -2.30. The first-order chi connectivity index (χ1) is 5.10. The molecule has 0 aliphatic heterocycles. The van der Waals surface area contributed by atoms with Gasteiger partial charge < -0.3 is 8.85 Å². The van der Waals surface area contributed by atoms with Gasteiger partial charge in [0.25, 0.3) is 8.80 Å². The van der Waals surface area contributed by atoms with Crippen molar-refractivity contribution in [3.8, 4) is 0 Å². The zero-order valence-corrected chi connectivity index (χ0v) is 12.5. The highest BCUT2D eigenvalue weighted by Crippen LogP contribution is 2.13. The highest BCUT2D eigenvalue weighted by atomic mass is 29.2. The maximum Gasteiger partial charge on any atom is 0.289 e. The number of hydrogen-bond acceptors (Lipinski definition) is 2. The van der Waals surface area contributed by atoms with Crippen molar-refractivity contribution >= 4 is 18.6 Å². The van der Waals surface area contributed by atoms with E-state index < -0.39 is 8.80 Å². The summed E-state index contributed by atoms with van der Waals surface area (Å²) in [6.45, 7) is 12.5. The molecule has 2 nitrogen and oxygen atoms in total. The Bertz CT molecular complexity index is 119. The Balaban J connectivity index is 3.83. The average molecular weight is 206 g/mol. The van der Waals surface area contributed by atoms with Gasteiger partial charge in [-0.1, -0.05) is 0 Å². The third kappa shape index (κ3) is 8.45. The summed E-state index contributed by atoms with van der Waals surface area (Å²) in [5.74, 6) is 0. The minimum atomic E-state index is -1.31. The molecule has 4 heteroatoms. The zero-order chi connectivity index (χ0) is 9.99. The summed E-state index contributed by atoms with van der Waals surface area (Å²) in [7, 11) is -0.268. The minimum absolute atomic E-state index is 0.0378. The second-order valence-electron chi connectivity index (χ2n) is 5.03. The van der Waals surface area contributed by atoms with Gasteiger partial charge in [0.05, 0.1) is 9.76 Å². The largest absolute Gasteiger partial charge is 0.395 e. The first kappa shape index (κ1) is 12.4. The van der Waals surface area contributed by atoms with Gasteiger partial charge in [0, 0.05) is 11.2 Å². The van der Waals surface area contributed by atoms with E-state index in [9.17, 15) is 0 Å². The Kier molecular flexibility index (Phi) is 4.16. The molecule has 0 heterocycles. The van der Waals surface area contributed by atoms with E-state index in [0.717, 1.165) is 9.76 Å². The third-order valence-electron chi connectivity index (χ3n) is 1.04. The molecule has 0 N–H and O–H groups in total. The van der Waals surface area contributed by atoms with Crippen molar-refractivity contribution in [3.63, 3.8) is 0 Å². The van der Waals surface area contributed by atoms with Gasteiger partial charge in [-0.15, -0.1) is 0 Å². The van der Waals surface area contributed by atoms with Gasteiger partial charge in [-0.2, -0.15) is 0 Å². The monoisotopic (exact) mass is 206 g/mol. The standard InChI is InChI=1S/C8H22O2Si2/c1-7(2,3)9-12(11)10-8(4,5)6/h12H,1-6,11H3. The van der Waals surface area contributed by atoms with Crippen LogP contribution in [0, 0.1) is 0 Å². The summed E-state index contributed by atoms with van der Waals surface area (Å²) in [6, 6.07) is 0. The van der Waals surface area contributed by atoms with E-state index in [1.54, 1.807) is 0 Å². The van der Waals surface area contributed by atoms with E-state index in [0.29, 0.717) is 0 Å². The molecule has 0 aromatic heterocycles. The van der Waals surface area contributed by atoms with Crippen LogP contribution in [0.2, 0.25) is 0 Å². The van der Waals surface area contributed by atoms with Crippen LogP contribution in [0.3, 0.4) is 0 Å². The van der Waals surface area contributed by atoms with Crippen molar-refractivity contribution < 1.29 is 8.85 Å². The van der Waals surface area contributed by atoms with Gasteiger partial charge in [0.1, 0.15) is 0 Å². The highest BCUT2D eigenvalue weighted by molar-refractivity contribution is 6.95. The predicted octanol–water partition coefficient (Wildman–Crippen LogP) is 0.699. The van der Waals surface area contributed by atoms with E-state index in [1.165, 1.54) is 0 Å². The normalized spacial score (nSPS) is 14.2. The molecule has 0 fully saturated rings. The molecule has 0 amide bonds. The summed E-state index contributed by atoms with van der Waals surface area (Å²) in [5, 5.41) is 0. The Morgan fingerprint density at radius 3 is 1.25 bits per heavy atom. The molecule has 0 saturated heterocycles. The molecular formula is C8H22O2Si2. The molecule has 0 aromatic rings. The van der Waals surface area contributed by atoms with Gasteiger partial charge >= 0.3 is 0 Å². The molecule has 0 bridgehead atoms. The SMILES string of the molecule is CC(C)(C)O[SiH]([SiH3])OC(C)(C)C. The smallest absolute Gasteiger partial charge is 0.289 e. The molecule has 12 heavy (non-hydrogen) atoms. The molecule has 0 radical (unpaired) electrons. The maximum atomic E-state index is 5.79. The van der Waals surface area contributed by atoms with E-state index in [2.05, 4.69) is 41.5 Å². The fourth-order valence-corrected chi connectivity index (χ4v) is 7.30. The van der Waals surface area contributed by atoms with Crippen molar-refractivity contribution in [2.45, 2.75) is 52.7 Å². The fraction of sp³-hybridized carbons (Fsp3) is 1.00. The minimum Gasteiger partial charge on any atom is -0.395 e. The molecular weight excluding hydrogens is 184 g/mol. The molecule has 0 rings (SSSR count). The second kappa shape index (κ2) is 4.04. The third-order valence-corrected chi connectivity index (χ3v) is 4.53. The first-order valence-electron chi connectivity index (χ1n) is 4.46. The van der Waals surface area contributed by atoms with Crippen molar-refractivity contribution in [2.75, 3.05) is 0 Å². The van der Waals surface area contributed by atoms with Gasteiger partial charge in [0.2, 0.25) is 0 Å². The van der Waals surface area contributed by atoms with E-state index >= 15 is 0 Å². The lowest BCUT2D eigenvalue weighted by atomic mass is 10.2. The maximum absolute atomic E-state index is 5.79. The number of rotatable bonds is 2. The van der Waals surface area contributed by atoms with E-state index in [4.69, 9.17) is 8.85 Å². The van der Waals surface area contributed by atoms with Gasteiger partial charge in [-0.25, -0.2) is 0 Å². The molecule has 0 spiro atoms. The summed E-state index contributed by atoms with van der Waals surface area (Å²) in [6.07, 6.45) is 0. The van der Waals surface area contributed by atoms with Crippen molar-refractivity contribution in [1.82, 2.24) is 0 Å². The van der Waals surface area contributed by atoms with E-state index in [-0.39, 0.29) is 11.2 Å². The van der Waals surface area contributed by atoms with Crippen LogP contribution in [0.15, 0.2) is 0 Å². The molecule has 0 atom stereocenters. The van der Waals surface area contributed by atoms with Crippen LogP contribution in [0.4, 0.5) is 0 Å². The summed E-state index contributed by atoms with van der Waals surface area (Å²) >= 11 is 0. The van der Waals surface area contributed by atoms with Crippen molar-refractivity contribution in [2.24, 2.45) is 0 Å². The number of hydrogen-bond donors (Lipinski definition) is 0. The summed E-state index contributed by atoms with van der Waals surface area (Å²) < 4.78 is 11.6. The molecule has 0 aliphatic rings. The molecule has 0 aromatic carbocycles. The fourth-order valence-electron chi connectivity index (χ4n) is 1.02. The van der Waals surface area contributed by atoms with Crippen LogP contribution < -0.4 is 0 Å². The Morgan fingerprint density at radius 1 is 0.833 bits per heavy atom. The van der Waals surface area contributed by atoms with Crippen LogP contribution in [0.1, 0.15) is 41.5 Å². The summed E-state index contributed by atoms with van der Waals surface area (Å²) in [4.78, 5) is 0. The Morgan fingerprint density at radius 2 is 1.08 bits per heavy atom.